The first kappa shape index (κ1) is 13.4. The zero-order valence-electron chi connectivity index (χ0n) is 9.05. The molecule has 2 nitrogen and oxygen atoms in total. The fourth-order valence-corrected chi connectivity index (χ4v) is 4.16. The summed E-state index contributed by atoms with van der Waals surface area (Å²) in [5, 5.41) is 0.205. The summed E-state index contributed by atoms with van der Waals surface area (Å²) in [4.78, 5) is 0. The SMILES string of the molecule is CCCC(C(Cl)CC)[SiH](OC)OC. The summed E-state index contributed by atoms with van der Waals surface area (Å²) in [6.45, 7) is 4.28. The predicted molar refractivity (Wildman–Crippen MR) is 59.8 cm³/mol. The summed E-state index contributed by atoms with van der Waals surface area (Å²) in [6, 6.07) is 0. The molecule has 0 saturated carbocycles. The molecule has 0 radical (unpaired) electrons. The van der Waals surface area contributed by atoms with Gasteiger partial charge in [0.15, 0.2) is 0 Å². The van der Waals surface area contributed by atoms with E-state index in [2.05, 4.69) is 13.8 Å². The van der Waals surface area contributed by atoms with E-state index in [1.54, 1.807) is 14.2 Å². The predicted octanol–water partition coefficient (Wildman–Crippen LogP) is 2.69. The Kier molecular flexibility index (Phi) is 8.05. The van der Waals surface area contributed by atoms with Crippen LogP contribution in [0.3, 0.4) is 0 Å². The van der Waals surface area contributed by atoms with E-state index in [0.29, 0.717) is 5.54 Å². The van der Waals surface area contributed by atoms with Crippen molar-refractivity contribution in [3.63, 3.8) is 0 Å². The van der Waals surface area contributed by atoms with Crippen LogP contribution in [-0.4, -0.2) is 28.9 Å². The van der Waals surface area contributed by atoms with Crippen LogP contribution in [0.25, 0.3) is 0 Å². The van der Waals surface area contributed by atoms with Gasteiger partial charge >= 0.3 is 9.28 Å². The maximum Gasteiger partial charge on any atom is 0.325 e. The van der Waals surface area contributed by atoms with Crippen molar-refractivity contribution in [3.05, 3.63) is 0 Å². The van der Waals surface area contributed by atoms with E-state index in [4.69, 9.17) is 20.5 Å². The third-order valence-electron chi connectivity index (χ3n) is 2.29. The van der Waals surface area contributed by atoms with Crippen LogP contribution in [0.4, 0.5) is 0 Å². The minimum atomic E-state index is -1.53. The first-order valence-electron chi connectivity index (χ1n) is 4.90. The third-order valence-corrected chi connectivity index (χ3v) is 5.59. The number of hydrogen-bond acceptors (Lipinski definition) is 2. The van der Waals surface area contributed by atoms with Crippen LogP contribution in [0, 0.1) is 0 Å². The topological polar surface area (TPSA) is 18.5 Å². The fraction of sp³-hybridized carbons (Fsp3) is 1.00. The average Bonchev–Trinajstić information content (AvgIpc) is 2.17. The molecule has 0 spiro atoms. The second-order valence-electron chi connectivity index (χ2n) is 3.22. The van der Waals surface area contributed by atoms with Crippen LogP contribution < -0.4 is 0 Å². The highest BCUT2D eigenvalue weighted by molar-refractivity contribution is 6.48. The lowest BCUT2D eigenvalue weighted by molar-refractivity contribution is 0.260. The molecule has 0 aliphatic heterocycles. The van der Waals surface area contributed by atoms with Crippen molar-refractivity contribution >= 4 is 20.9 Å². The van der Waals surface area contributed by atoms with Crippen LogP contribution in [-0.2, 0) is 8.85 Å². The van der Waals surface area contributed by atoms with Gasteiger partial charge in [-0.05, 0) is 12.8 Å². The summed E-state index contributed by atoms with van der Waals surface area (Å²) < 4.78 is 10.7. The molecular weight excluding hydrogens is 204 g/mol. The van der Waals surface area contributed by atoms with E-state index in [1.807, 2.05) is 0 Å². The Morgan fingerprint density at radius 2 is 1.77 bits per heavy atom. The number of halogens is 1. The minimum Gasteiger partial charge on any atom is -0.400 e. The number of rotatable bonds is 7. The van der Waals surface area contributed by atoms with Gasteiger partial charge in [0.25, 0.3) is 0 Å². The van der Waals surface area contributed by atoms with Crippen molar-refractivity contribution in [1.82, 2.24) is 0 Å². The van der Waals surface area contributed by atoms with Gasteiger partial charge in [-0.3, -0.25) is 0 Å². The first-order chi connectivity index (χ1) is 6.21. The molecule has 4 heteroatoms. The van der Waals surface area contributed by atoms with E-state index in [9.17, 15) is 0 Å². The van der Waals surface area contributed by atoms with Gasteiger partial charge in [-0.2, -0.15) is 0 Å². The van der Waals surface area contributed by atoms with Crippen molar-refractivity contribution in [2.24, 2.45) is 0 Å². The molecule has 0 aromatic carbocycles. The van der Waals surface area contributed by atoms with Gasteiger partial charge in [0.05, 0.1) is 0 Å². The average molecular weight is 225 g/mol. The quantitative estimate of drug-likeness (QED) is 0.489. The monoisotopic (exact) mass is 224 g/mol. The molecule has 0 fully saturated rings. The smallest absolute Gasteiger partial charge is 0.325 e. The molecular formula is C9H21ClO2Si. The Bertz CT molecular complexity index is 120. The summed E-state index contributed by atoms with van der Waals surface area (Å²) in [7, 11) is 1.92. The van der Waals surface area contributed by atoms with Crippen LogP contribution in [0.15, 0.2) is 0 Å². The van der Waals surface area contributed by atoms with Crippen LogP contribution in [0.2, 0.25) is 5.54 Å². The molecule has 2 unspecified atom stereocenters. The summed E-state index contributed by atoms with van der Waals surface area (Å²) in [5.41, 5.74) is 0.437. The molecule has 0 saturated heterocycles. The van der Waals surface area contributed by atoms with E-state index < -0.39 is 9.28 Å². The van der Waals surface area contributed by atoms with Crippen molar-refractivity contribution < 1.29 is 8.85 Å². The van der Waals surface area contributed by atoms with Crippen molar-refractivity contribution in [2.75, 3.05) is 14.2 Å². The minimum absolute atomic E-state index is 0.205. The molecule has 80 valence electrons. The zero-order chi connectivity index (χ0) is 10.3. The Morgan fingerprint density at radius 3 is 2.08 bits per heavy atom. The molecule has 0 aromatic heterocycles. The molecule has 0 aliphatic carbocycles. The normalized spacial score (nSPS) is 16.2. The van der Waals surface area contributed by atoms with E-state index >= 15 is 0 Å². The van der Waals surface area contributed by atoms with Crippen LogP contribution in [0.1, 0.15) is 33.1 Å². The van der Waals surface area contributed by atoms with Crippen molar-refractivity contribution in [3.8, 4) is 0 Å². The highest BCUT2D eigenvalue weighted by atomic mass is 35.5. The van der Waals surface area contributed by atoms with Gasteiger partial charge in [-0.15, -0.1) is 11.6 Å². The Morgan fingerprint density at radius 1 is 1.23 bits per heavy atom. The van der Waals surface area contributed by atoms with Gasteiger partial charge in [0.1, 0.15) is 0 Å². The van der Waals surface area contributed by atoms with Gasteiger partial charge in [0.2, 0.25) is 0 Å². The standard InChI is InChI=1S/C9H21ClO2Si/c1-5-7-9(8(10)6-2)13(11-3)12-4/h8-9,13H,5-7H2,1-4H3. The summed E-state index contributed by atoms with van der Waals surface area (Å²) >= 11 is 6.24. The molecule has 0 amide bonds. The van der Waals surface area contributed by atoms with E-state index in [1.165, 1.54) is 0 Å². The molecule has 13 heavy (non-hydrogen) atoms. The van der Waals surface area contributed by atoms with Gasteiger partial charge in [0, 0.05) is 25.1 Å². The lowest BCUT2D eigenvalue weighted by Gasteiger charge is -2.25. The van der Waals surface area contributed by atoms with Gasteiger partial charge < -0.3 is 8.85 Å². The van der Waals surface area contributed by atoms with Gasteiger partial charge in [-0.1, -0.05) is 20.3 Å². The highest BCUT2D eigenvalue weighted by Crippen LogP contribution is 2.28. The maximum absolute atomic E-state index is 6.24. The largest absolute Gasteiger partial charge is 0.400 e. The second-order valence-corrected chi connectivity index (χ2v) is 6.31. The molecule has 0 aliphatic rings. The summed E-state index contributed by atoms with van der Waals surface area (Å²) in [6.07, 6.45) is 3.24. The Hall–Kier alpha value is 0.427. The molecule has 0 bridgehead atoms. The zero-order valence-corrected chi connectivity index (χ0v) is 11.0. The number of alkyl halides is 1. The lowest BCUT2D eigenvalue weighted by atomic mass is 10.1. The third kappa shape index (κ3) is 4.45. The maximum atomic E-state index is 6.24. The van der Waals surface area contributed by atoms with E-state index in [-0.39, 0.29) is 5.38 Å². The highest BCUT2D eigenvalue weighted by Gasteiger charge is 2.29. The summed E-state index contributed by atoms with van der Waals surface area (Å²) in [5.74, 6) is 0. The Balaban J connectivity index is 4.19. The molecule has 0 rings (SSSR count). The Labute approximate surface area is 88.4 Å². The molecule has 0 N–H and O–H groups in total. The fourth-order valence-electron chi connectivity index (χ4n) is 1.57. The molecule has 0 aromatic rings. The lowest BCUT2D eigenvalue weighted by Crippen LogP contribution is -2.31. The van der Waals surface area contributed by atoms with Crippen molar-refractivity contribution in [2.45, 2.75) is 44.0 Å². The van der Waals surface area contributed by atoms with Crippen molar-refractivity contribution in [1.29, 1.82) is 0 Å². The molecule has 2 atom stereocenters. The first-order valence-corrected chi connectivity index (χ1v) is 6.95. The van der Waals surface area contributed by atoms with Crippen LogP contribution >= 0.6 is 11.6 Å². The van der Waals surface area contributed by atoms with Gasteiger partial charge in [-0.25, -0.2) is 0 Å². The van der Waals surface area contributed by atoms with Crippen LogP contribution in [0.5, 0.6) is 0 Å². The second kappa shape index (κ2) is 7.80. The number of hydrogen-bond donors (Lipinski definition) is 0. The van der Waals surface area contributed by atoms with E-state index in [0.717, 1.165) is 19.3 Å². The molecule has 0 heterocycles.